The maximum atomic E-state index is 13.3. The average molecular weight is 433 g/mol. The van der Waals surface area contributed by atoms with Crippen LogP contribution in [0.3, 0.4) is 0 Å². The van der Waals surface area contributed by atoms with E-state index >= 15 is 0 Å². The molecule has 2 aliphatic heterocycles. The van der Waals surface area contributed by atoms with Gasteiger partial charge in [-0.3, -0.25) is 14.5 Å². The fourth-order valence-corrected chi connectivity index (χ4v) is 5.12. The Hall–Kier alpha value is -3.35. The van der Waals surface area contributed by atoms with Gasteiger partial charge in [0.05, 0.1) is 0 Å². The number of hydrogen-bond acceptors (Lipinski definition) is 4. The first-order chi connectivity index (χ1) is 15.4. The number of carbonyl (C=O) groups excluding carboxylic acids is 3. The number of aryl methyl sites for hydroxylation is 2. The normalized spacial score (nSPS) is 22.8. The van der Waals surface area contributed by atoms with Crippen molar-refractivity contribution in [3.63, 3.8) is 0 Å². The van der Waals surface area contributed by atoms with Crippen LogP contribution in [-0.4, -0.2) is 65.9 Å². The topological polar surface area (TPSA) is 73.0 Å². The number of amides is 4. The zero-order valence-corrected chi connectivity index (χ0v) is 18.3. The van der Waals surface area contributed by atoms with Crippen molar-refractivity contribution in [2.75, 3.05) is 37.6 Å². The van der Waals surface area contributed by atoms with Crippen molar-refractivity contribution in [2.45, 2.75) is 31.7 Å². The number of nitrogens with zero attached hydrogens (tertiary/aromatic N) is 3. The highest BCUT2D eigenvalue weighted by Gasteiger charge is 2.52. The first-order valence-electron chi connectivity index (χ1n) is 11.3. The Morgan fingerprint density at radius 2 is 1.75 bits per heavy atom. The quantitative estimate of drug-likeness (QED) is 0.755. The minimum atomic E-state index is -0.921. The van der Waals surface area contributed by atoms with Crippen LogP contribution in [0.5, 0.6) is 0 Å². The van der Waals surface area contributed by atoms with Crippen molar-refractivity contribution in [2.24, 2.45) is 0 Å². The number of piperazine rings is 1. The number of rotatable bonds is 3. The minimum absolute atomic E-state index is 0.175. The van der Waals surface area contributed by atoms with Crippen molar-refractivity contribution < 1.29 is 14.4 Å². The van der Waals surface area contributed by atoms with Gasteiger partial charge in [-0.25, -0.2) is 4.79 Å². The zero-order valence-electron chi connectivity index (χ0n) is 18.3. The highest BCUT2D eigenvalue weighted by molar-refractivity contribution is 6.09. The number of fused-ring (bicyclic) bond motifs is 1. The molecule has 2 fully saturated rings. The molecule has 3 aliphatic rings. The number of carbonyl (C=O) groups is 3. The van der Waals surface area contributed by atoms with Gasteiger partial charge in [0.1, 0.15) is 12.1 Å². The lowest BCUT2D eigenvalue weighted by Crippen LogP contribution is -2.53. The molecule has 0 bridgehead atoms. The summed E-state index contributed by atoms with van der Waals surface area (Å²) in [4.78, 5) is 44.0. The Kier molecular flexibility index (Phi) is 5.12. The summed E-state index contributed by atoms with van der Waals surface area (Å²) < 4.78 is 0. The lowest BCUT2D eigenvalue weighted by atomic mass is 9.78. The summed E-state index contributed by atoms with van der Waals surface area (Å²) in [7, 11) is 0. The molecule has 1 N–H and O–H groups in total. The third kappa shape index (κ3) is 3.61. The van der Waals surface area contributed by atoms with Gasteiger partial charge in [0, 0.05) is 38.3 Å². The van der Waals surface area contributed by atoms with E-state index in [-0.39, 0.29) is 18.4 Å². The highest BCUT2D eigenvalue weighted by Crippen LogP contribution is 2.33. The summed E-state index contributed by atoms with van der Waals surface area (Å²) in [5, 5.41) is 2.91. The number of benzene rings is 2. The Morgan fingerprint density at radius 1 is 1.00 bits per heavy atom. The van der Waals surface area contributed by atoms with E-state index in [9.17, 15) is 14.4 Å². The summed E-state index contributed by atoms with van der Waals surface area (Å²) in [6, 6.07) is 15.9. The molecule has 1 atom stereocenters. The molecule has 2 heterocycles. The van der Waals surface area contributed by atoms with Crippen LogP contribution in [0, 0.1) is 6.92 Å². The number of hydrogen-bond donors (Lipinski definition) is 1. The summed E-state index contributed by atoms with van der Waals surface area (Å²) in [6.07, 6.45) is 1.78. The number of imide groups is 1. The second-order valence-electron chi connectivity index (χ2n) is 9.06. The van der Waals surface area contributed by atoms with E-state index in [0.717, 1.165) is 35.7 Å². The molecule has 0 aromatic heterocycles. The second-order valence-corrected chi connectivity index (χ2v) is 9.06. The van der Waals surface area contributed by atoms with Crippen LogP contribution < -0.4 is 10.2 Å². The molecule has 7 nitrogen and oxygen atoms in total. The van der Waals surface area contributed by atoms with Gasteiger partial charge in [0.15, 0.2) is 0 Å². The van der Waals surface area contributed by atoms with Crippen molar-refractivity contribution >= 4 is 23.5 Å². The van der Waals surface area contributed by atoms with Crippen LogP contribution in [0.2, 0.25) is 0 Å². The number of nitrogens with one attached hydrogen (secondary N) is 1. The molecule has 2 saturated heterocycles. The molecule has 0 saturated carbocycles. The van der Waals surface area contributed by atoms with Gasteiger partial charge in [-0.05, 0) is 48.6 Å². The van der Waals surface area contributed by atoms with Gasteiger partial charge in [-0.15, -0.1) is 0 Å². The highest BCUT2D eigenvalue weighted by atomic mass is 16.2. The molecule has 1 unspecified atom stereocenters. The molecule has 32 heavy (non-hydrogen) atoms. The van der Waals surface area contributed by atoms with Crippen LogP contribution in [-0.2, 0) is 22.4 Å². The predicted octanol–water partition coefficient (Wildman–Crippen LogP) is 2.12. The summed E-state index contributed by atoms with van der Waals surface area (Å²) in [6.45, 7) is 4.49. The molecule has 2 aromatic carbocycles. The minimum Gasteiger partial charge on any atom is -0.368 e. The first kappa shape index (κ1) is 20.5. The van der Waals surface area contributed by atoms with Gasteiger partial charge < -0.3 is 15.1 Å². The Labute approximate surface area is 188 Å². The molecular weight excluding hydrogens is 404 g/mol. The Bertz CT molecular complexity index is 1080. The molecule has 1 spiro atoms. The van der Waals surface area contributed by atoms with Crippen LogP contribution >= 0.6 is 0 Å². The van der Waals surface area contributed by atoms with E-state index in [0.29, 0.717) is 25.9 Å². The maximum absolute atomic E-state index is 13.3. The largest absolute Gasteiger partial charge is 0.368 e. The smallest absolute Gasteiger partial charge is 0.325 e. The third-order valence-electron chi connectivity index (χ3n) is 6.97. The Morgan fingerprint density at radius 3 is 2.50 bits per heavy atom. The van der Waals surface area contributed by atoms with Gasteiger partial charge in [0.25, 0.3) is 5.91 Å². The first-order valence-corrected chi connectivity index (χ1v) is 11.3. The maximum Gasteiger partial charge on any atom is 0.325 e. The van der Waals surface area contributed by atoms with Crippen molar-refractivity contribution in [3.05, 3.63) is 65.2 Å². The molecule has 7 heteroatoms. The van der Waals surface area contributed by atoms with E-state index in [4.69, 9.17) is 0 Å². The Balaban J connectivity index is 1.22. The van der Waals surface area contributed by atoms with Crippen LogP contribution in [0.25, 0.3) is 0 Å². The standard InChI is InChI=1S/C25H28N4O3/c1-18-5-4-8-21(15-18)27-11-13-28(14-12-27)22(30)17-29-23(31)25(26-24(29)32)10-9-19-6-2-3-7-20(19)16-25/h2-8,15H,9-14,16-17H2,1H3,(H,26,32). The SMILES string of the molecule is Cc1cccc(N2CCN(C(=O)CN3C(=O)NC4(CCc5ccccc5C4)C3=O)CC2)c1. The van der Waals surface area contributed by atoms with Gasteiger partial charge in [-0.2, -0.15) is 0 Å². The van der Waals surface area contributed by atoms with Crippen LogP contribution in [0.4, 0.5) is 10.5 Å². The second kappa shape index (κ2) is 7.97. The van der Waals surface area contributed by atoms with E-state index < -0.39 is 11.6 Å². The fourth-order valence-electron chi connectivity index (χ4n) is 5.12. The molecular formula is C25H28N4O3. The van der Waals surface area contributed by atoms with Gasteiger partial charge in [-0.1, -0.05) is 36.4 Å². The number of anilines is 1. The van der Waals surface area contributed by atoms with Crippen LogP contribution in [0.1, 0.15) is 23.1 Å². The van der Waals surface area contributed by atoms with Crippen molar-refractivity contribution in [1.29, 1.82) is 0 Å². The molecule has 2 aromatic rings. The van der Waals surface area contributed by atoms with E-state index in [1.807, 2.05) is 24.3 Å². The van der Waals surface area contributed by atoms with Crippen molar-refractivity contribution in [3.8, 4) is 0 Å². The van der Waals surface area contributed by atoms with E-state index in [1.165, 1.54) is 11.1 Å². The molecule has 0 radical (unpaired) electrons. The molecule has 1 aliphatic carbocycles. The van der Waals surface area contributed by atoms with E-state index in [2.05, 4.69) is 41.4 Å². The molecule has 5 rings (SSSR count). The lowest BCUT2D eigenvalue weighted by molar-refractivity contribution is -0.139. The number of urea groups is 1. The zero-order chi connectivity index (χ0) is 22.3. The predicted molar refractivity (Wildman–Crippen MR) is 121 cm³/mol. The third-order valence-corrected chi connectivity index (χ3v) is 6.97. The van der Waals surface area contributed by atoms with E-state index in [1.54, 1.807) is 4.90 Å². The lowest BCUT2D eigenvalue weighted by Gasteiger charge is -2.36. The van der Waals surface area contributed by atoms with Gasteiger partial charge >= 0.3 is 6.03 Å². The molecule has 4 amide bonds. The average Bonchev–Trinajstić information content (AvgIpc) is 3.03. The monoisotopic (exact) mass is 432 g/mol. The van der Waals surface area contributed by atoms with Crippen LogP contribution in [0.15, 0.2) is 48.5 Å². The van der Waals surface area contributed by atoms with Crippen molar-refractivity contribution in [1.82, 2.24) is 15.1 Å². The fraction of sp³-hybridized carbons (Fsp3) is 0.400. The summed E-state index contributed by atoms with van der Waals surface area (Å²) in [5.74, 6) is -0.450. The summed E-state index contributed by atoms with van der Waals surface area (Å²) >= 11 is 0. The van der Waals surface area contributed by atoms with Gasteiger partial charge in [0.2, 0.25) is 5.91 Å². The summed E-state index contributed by atoms with van der Waals surface area (Å²) in [5.41, 5.74) is 3.76. The molecule has 166 valence electrons.